The predicted molar refractivity (Wildman–Crippen MR) is 89.1 cm³/mol. The molecular weight excluding hydrogens is 266 g/mol. The van der Waals surface area contributed by atoms with E-state index in [1.54, 1.807) is 0 Å². The molecule has 0 aromatic rings. The maximum Gasteiger partial charge on any atom is 0.335 e. The fourth-order valence-corrected chi connectivity index (χ4v) is 4.64. The summed E-state index contributed by atoms with van der Waals surface area (Å²) in [5, 5.41) is 3.68. The largest absolute Gasteiger partial charge is 0.393 e. The van der Waals surface area contributed by atoms with E-state index in [4.69, 9.17) is 4.43 Å². The zero-order chi connectivity index (χ0) is 15.0. The van der Waals surface area contributed by atoms with Crippen molar-refractivity contribution in [2.24, 2.45) is 5.92 Å². The lowest BCUT2D eigenvalue weighted by Gasteiger charge is -2.30. The van der Waals surface area contributed by atoms with Gasteiger partial charge in [-0.15, -0.1) is 0 Å². The molecule has 0 aromatic carbocycles. The maximum atomic E-state index is 6.04. The third kappa shape index (κ3) is 7.74. The van der Waals surface area contributed by atoms with Crippen molar-refractivity contribution in [1.82, 2.24) is 15.3 Å². The Morgan fingerprint density at radius 2 is 1.65 bits per heavy atom. The molecule has 1 rings (SSSR count). The smallest absolute Gasteiger partial charge is 0.335 e. The summed E-state index contributed by atoms with van der Waals surface area (Å²) in [6.45, 7) is 12.8. The molecule has 0 heterocycles. The molecule has 1 fully saturated rings. The fraction of sp³-hybridized carbons (Fsp3) is 1.00. The Hall–Kier alpha value is 0.0569. The van der Waals surface area contributed by atoms with E-state index in [1.807, 2.05) is 0 Å². The van der Waals surface area contributed by atoms with Gasteiger partial charge in [0.1, 0.15) is 0 Å². The second-order valence-corrected chi connectivity index (χ2v) is 8.48. The van der Waals surface area contributed by atoms with Crippen LogP contribution in [-0.2, 0) is 4.43 Å². The van der Waals surface area contributed by atoms with E-state index in [-0.39, 0.29) is 0 Å². The highest BCUT2D eigenvalue weighted by atomic mass is 28.3. The second-order valence-electron chi connectivity index (χ2n) is 6.72. The summed E-state index contributed by atoms with van der Waals surface area (Å²) in [5.41, 5.74) is 0. The molecule has 2 atom stereocenters. The average molecular weight is 302 g/mol. The van der Waals surface area contributed by atoms with Crippen molar-refractivity contribution < 1.29 is 4.43 Å². The van der Waals surface area contributed by atoms with Gasteiger partial charge in [0.05, 0.1) is 0 Å². The van der Waals surface area contributed by atoms with Crippen LogP contribution in [0.2, 0.25) is 0 Å². The summed E-state index contributed by atoms with van der Waals surface area (Å²) in [7, 11) is -1.48. The van der Waals surface area contributed by atoms with Crippen molar-refractivity contribution in [1.29, 1.82) is 0 Å². The zero-order valence-corrected chi connectivity index (χ0v) is 15.2. The normalized spacial score (nSPS) is 24.0. The van der Waals surface area contributed by atoms with Gasteiger partial charge in [-0.1, -0.05) is 47.5 Å². The summed E-state index contributed by atoms with van der Waals surface area (Å²) >= 11 is 0. The molecule has 0 aliphatic heterocycles. The highest BCUT2D eigenvalue weighted by Crippen LogP contribution is 2.23. The first-order valence-corrected chi connectivity index (χ1v) is 9.98. The van der Waals surface area contributed by atoms with Gasteiger partial charge in [0.25, 0.3) is 0 Å². The highest BCUT2D eigenvalue weighted by molar-refractivity contribution is 6.46. The van der Waals surface area contributed by atoms with Gasteiger partial charge >= 0.3 is 9.36 Å². The Balaban J connectivity index is 2.18. The maximum absolute atomic E-state index is 6.04. The van der Waals surface area contributed by atoms with Crippen LogP contribution in [0.15, 0.2) is 0 Å². The molecule has 4 nitrogen and oxygen atoms in total. The minimum atomic E-state index is -1.48. The third-order valence-corrected chi connectivity index (χ3v) is 6.38. The zero-order valence-electron chi connectivity index (χ0n) is 14.0. The Morgan fingerprint density at radius 3 is 2.20 bits per heavy atom. The molecule has 0 amide bonds. The van der Waals surface area contributed by atoms with E-state index < -0.39 is 9.36 Å². The van der Waals surface area contributed by atoms with Gasteiger partial charge in [-0.25, -0.2) is 0 Å². The lowest BCUT2D eigenvalue weighted by molar-refractivity contribution is 0.244. The van der Waals surface area contributed by atoms with Gasteiger partial charge in [-0.3, -0.25) is 0 Å². The van der Waals surface area contributed by atoms with Gasteiger partial charge in [0.2, 0.25) is 0 Å². The van der Waals surface area contributed by atoms with Crippen LogP contribution in [0, 0.1) is 5.92 Å². The van der Waals surface area contributed by atoms with Gasteiger partial charge in [0, 0.05) is 19.2 Å². The summed E-state index contributed by atoms with van der Waals surface area (Å²) < 4.78 is 6.04. The first kappa shape index (κ1) is 18.1. The van der Waals surface area contributed by atoms with Crippen LogP contribution >= 0.6 is 0 Å². The number of nitrogens with one attached hydrogen (secondary N) is 3. The molecule has 1 saturated carbocycles. The van der Waals surface area contributed by atoms with Crippen LogP contribution in [0.25, 0.3) is 0 Å². The van der Waals surface area contributed by atoms with Crippen molar-refractivity contribution in [2.75, 3.05) is 13.2 Å². The molecule has 5 heteroatoms. The standard InChI is InChI=1S/C15H35N3OSi/c1-12(2)17-20(18-13(3)4)19-11-10-16-15-9-7-6-8-14(15)5/h12-18,20H,6-11H2,1-5H3. The van der Waals surface area contributed by atoms with Gasteiger partial charge < -0.3 is 19.7 Å². The van der Waals surface area contributed by atoms with E-state index in [0.717, 1.165) is 19.1 Å². The Morgan fingerprint density at radius 1 is 1.05 bits per heavy atom. The van der Waals surface area contributed by atoms with Crippen LogP contribution in [0.5, 0.6) is 0 Å². The molecule has 20 heavy (non-hydrogen) atoms. The Bertz CT molecular complexity index is 241. The van der Waals surface area contributed by atoms with Crippen LogP contribution in [0.4, 0.5) is 0 Å². The van der Waals surface area contributed by atoms with E-state index in [2.05, 4.69) is 49.9 Å². The van der Waals surface area contributed by atoms with Crippen molar-refractivity contribution in [2.45, 2.75) is 78.4 Å². The summed E-state index contributed by atoms with van der Waals surface area (Å²) in [4.78, 5) is 7.07. The SMILES string of the molecule is CC(C)N[SiH](NC(C)C)OCCNC1CCCCC1C. The van der Waals surface area contributed by atoms with Gasteiger partial charge in [0.15, 0.2) is 0 Å². The van der Waals surface area contributed by atoms with E-state index in [9.17, 15) is 0 Å². The number of hydrogen-bond acceptors (Lipinski definition) is 4. The molecular formula is C15H35N3OSi. The topological polar surface area (TPSA) is 45.3 Å². The van der Waals surface area contributed by atoms with Crippen LogP contribution in [0.1, 0.15) is 60.3 Å². The monoisotopic (exact) mass is 301 g/mol. The lowest BCUT2D eigenvalue weighted by atomic mass is 9.86. The molecule has 0 radical (unpaired) electrons. The first-order valence-electron chi connectivity index (χ1n) is 8.36. The summed E-state index contributed by atoms with van der Waals surface area (Å²) in [6, 6.07) is 1.65. The van der Waals surface area contributed by atoms with Crippen molar-refractivity contribution in [3.8, 4) is 0 Å². The lowest BCUT2D eigenvalue weighted by Crippen LogP contribution is -2.55. The summed E-state index contributed by atoms with van der Waals surface area (Å²) in [5.74, 6) is 0.819. The molecule has 3 N–H and O–H groups in total. The summed E-state index contributed by atoms with van der Waals surface area (Å²) in [6.07, 6.45) is 5.49. The molecule has 2 unspecified atom stereocenters. The molecule has 0 aromatic heterocycles. The number of hydrogen-bond donors (Lipinski definition) is 3. The second kappa shape index (κ2) is 9.90. The fourth-order valence-electron chi connectivity index (χ4n) is 2.79. The minimum absolute atomic E-state index is 0.476. The van der Waals surface area contributed by atoms with Crippen LogP contribution in [0.3, 0.4) is 0 Å². The first-order chi connectivity index (χ1) is 9.49. The van der Waals surface area contributed by atoms with E-state index in [0.29, 0.717) is 18.1 Å². The van der Waals surface area contributed by atoms with E-state index in [1.165, 1.54) is 25.7 Å². The van der Waals surface area contributed by atoms with Crippen LogP contribution in [-0.4, -0.2) is 40.6 Å². The molecule has 1 aliphatic rings. The molecule has 1 aliphatic carbocycles. The van der Waals surface area contributed by atoms with Crippen LogP contribution < -0.4 is 15.3 Å². The Labute approximate surface area is 127 Å². The van der Waals surface area contributed by atoms with Crippen molar-refractivity contribution >= 4 is 9.36 Å². The van der Waals surface area contributed by atoms with Crippen molar-refractivity contribution in [3.05, 3.63) is 0 Å². The van der Waals surface area contributed by atoms with Crippen molar-refractivity contribution in [3.63, 3.8) is 0 Å². The molecule has 0 bridgehead atoms. The molecule has 0 saturated heterocycles. The quantitative estimate of drug-likeness (QED) is 0.449. The molecule has 120 valence electrons. The molecule has 0 spiro atoms. The van der Waals surface area contributed by atoms with Gasteiger partial charge in [-0.05, 0) is 30.8 Å². The predicted octanol–water partition coefficient (Wildman–Crippen LogP) is 1.88. The average Bonchev–Trinajstić information content (AvgIpc) is 2.35. The Kier molecular flexibility index (Phi) is 8.96. The van der Waals surface area contributed by atoms with E-state index >= 15 is 0 Å². The number of rotatable bonds is 9. The van der Waals surface area contributed by atoms with Gasteiger partial charge in [-0.2, -0.15) is 0 Å². The third-order valence-electron chi connectivity index (χ3n) is 3.87. The highest BCUT2D eigenvalue weighted by Gasteiger charge is 2.20. The minimum Gasteiger partial charge on any atom is -0.393 e.